The van der Waals surface area contributed by atoms with Crippen molar-refractivity contribution in [1.82, 2.24) is 0 Å². The molecule has 0 heterocycles. The van der Waals surface area contributed by atoms with Crippen molar-refractivity contribution < 1.29 is 17.9 Å². The molecule has 7 heteroatoms. The third kappa shape index (κ3) is 6.60. The van der Waals surface area contributed by atoms with E-state index in [1.165, 1.54) is 6.08 Å². The Balaban J connectivity index is 1.88. The minimum Gasteiger partial charge on any atom is -0.489 e. The van der Waals surface area contributed by atoms with Crippen LogP contribution in [0.25, 0.3) is 0 Å². The maximum Gasteiger partial charge on any atom is 0.239 e. The Morgan fingerprint density at radius 2 is 1.76 bits per heavy atom. The van der Waals surface area contributed by atoms with Crippen molar-refractivity contribution in [2.24, 2.45) is 0 Å². The molecular weight excluding hydrogens is 362 g/mol. The first-order valence-corrected chi connectivity index (χ1v) is 9.66. The number of halogens is 1. The summed E-state index contributed by atoms with van der Waals surface area (Å²) in [6.07, 6.45) is 1.26. The van der Waals surface area contributed by atoms with Crippen LogP contribution in [0.5, 0.6) is 5.75 Å². The molecule has 1 amide bonds. The lowest BCUT2D eigenvalue weighted by atomic mass is 10.2. The highest BCUT2D eigenvalue weighted by Crippen LogP contribution is 2.18. The van der Waals surface area contributed by atoms with E-state index < -0.39 is 21.5 Å². The summed E-state index contributed by atoms with van der Waals surface area (Å²) >= 11 is 5.83. The normalized spacial score (nSPS) is 10.9. The average molecular weight is 380 g/mol. The molecule has 5 nitrogen and oxygen atoms in total. The van der Waals surface area contributed by atoms with Gasteiger partial charge >= 0.3 is 0 Å². The van der Waals surface area contributed by atoms with Gasteiger partial charge in [0.05, 0.1) is 5.75 Å². The van der Waals surface area contributed by atoms with Crippen LogP contribution in [0.15, 0.2) is 61.2 Å². The van der Waals surface area contributed by atoms with Gasteiger partial charge in [-0.15, -0.1) is 6.58 Å². The van der Waals surface area contributed by atoms with Gasteiger partial charge in [-0.05, 0) is 42.0 Å². The Hall–Kier alpha value is -2.31. The van der Waals surface area contributed by atoms with Gasteiger partial charge in [-0.2, -0.15) is 0 Å². The molecule has 0 aliphatic carbocycles. The largest absolute Gasteiger partial charge is 0.489 e. The summed E-state index contributed by atoms with van der Waals surface area (Å²) in [6.45, 7) is 3.75. The maximum atomic E-state index is 11.8. The summed E-state index contributed by atoms with van der Waals surface area (Å²) in [5.41, 5.74) is 1.48. The molecule has 0 spiro atoms. The topological polar surface area (TPSA) is 72.5 Å². The molecule has 0 aliphatic heterocycles. The van der Waals surface area contributed by atoms with Crippen LogP contribution in [0.4, 0.5) is 5.69 Å². The fourth-order valence-corrected chi connectivity index (χ4v) is 3.09. The summed E-state index contributed by atoms with van der Waals surface area (Å²) in [6, 6.07) is 14.0. The summed E-state index contributed by atoms with van der Waals surface area (Å²) in [4.78, 5) is 11.8. The highest BCUT2D eigenvalue weighted by molar-refractivity contribution is 7.92. The van der Waals surface area contributed by atoms with Gasteiger partial charge in [0.25, 0.3) is 0 Å². The Bertz CT molecular complexity index is 830. The zero-order valence-corrected chi connectivity index (χ0v) is 15.0. The minimum atomic E-state index is -3.47. The van der Waals surface area contributed by atoms with Crippen LogP contribution in [0.3, 0.4) is 0 Å². The lowest BCUT2D eigenvalue weighted by molar-refractivity contribution is -0.113. The third-order valence-corrected chi connectivity index (χ3v) is 4.88. The minimum absolute atomic E-state index is 0.224. The number of ether oxygens (including phenoxy) is 1. The zero-order valence-electron chi connectivity index (χ0n) is 13.4. The summed E-state index contributed by atoms with van der Waals surface area (Å²) in [7, 11) is -3.47. The predicted molar refractivity (Wildman–Crippen MR) is 99.7 cm³/mol. The van der Waals surface area contributed by atoms with Gasteiger partial charge in [-0.3, -0.25) is 4.79 Å². The number of hydrogen-bond donors (Lipinski definition) is 1. The fraction of sp³-hybridized carbons (Fsp3) is 0.167. The summed E-state index contributed by atoms with van der Waals surface area (Å²) in [5, 5.41) is 3.21. The third-order valence-electron chi connectivity index (χ3n) is 3.18. The first-order chi connectivity index (χ1) is 11.9. The monoisotopic (exact) mass is 379 g/mol. The van der Waals surface area contributed by atoms with Gasteiger partial charge in [-0.25, -0.2) is 8.42 Å². The SMILES string of the molecule is C=CCS(=O)(=O)CC(=O)Nc1ccc(OCc2ccc(Cl)cc2)cc1. The highest BCUT2D eigenvalue weighted by Gasteiger charge is 2.15. The van der Waals surface area contributed by atoms with E-state index in [1.807, 2.05) is 12.1 Å². The highest BCUT2D eigenvalue weighted by atomic mass is 35.5. The molecule has 0 saturated carbocycles. The van der Waals surface area contributed by atoms with E-state index in [-0.39, 0.29) is 5.75 Å². The van der Waals surface area contributed by atoms with Gasteiger partial charge in [0.1, 0.15) is 18.1 Å². The number of benzene rings is 2. The molecule has 2 rings (SSSR count). The van der Waals surface area contributed by atoms with Crippen molar-refractivity contribution in [2.45, 2.75) is 6.61 Å². The molecule has 0 radical (unpaired) electrons. The molecule has 25 heavy (non-hydrogen) atoms. The van der Waals surface area contributed by atoms with E-state index in [4.69, 9.17) is 16.3 Å². The number of rotatable bonds is 8. The van der Waals surface area contributed by atoms with Gasteiger partial charge in [0.2, 0.25) is 5.91 Å². The first-order valence-electron chi connectivity index (χ1n) is 7.46. The average Bonchev–Trinajstić information content (AvgIpc) is 2.55. The maximum absolute atomic E-state index is 11.8. The van der Waals surface area contributed by atoms with Crippen LogP contribution in [0.2, 0.25) is 5.02 Å². The number of carbonyl (C=O) groups excluding carboxylic acids is 1. The number of hydrogen-bond acceptors (Lipinski definition) is 4. The van der Waals surface area contributed by atoms with Crippen molar-refractivity contribution >= 4 is 33.0 Å². The number of amides is 1. The molecule has 0 unspecified atom stereocenters. The number of carbonyl (C=O) groups is 1. The van der Waals surface area contributed by atoms with E-state index in [1.54, 1.807) is 36.4 Å². The molecule has 0 atom stereocenters. The molecular formula is C18H18ClNO4S. The van der Waals surface area contributed by atoms with Crippen LogP contribution in [0, 0.1) is 0 Å². The van der Waals surface area contributed by atoms with Gasteiger partial charge in [0.15, 0.2) is 9.84 Å². The Morgan fingerprint density at radius 3 is 2.36 bits per heavy atom. The molecule has 1 N–H and O–H groups in total. The Morgan fingerprint density at radius 1 is 1.12 bits per heavy atom. The quantitative estimate of drug-likeness (QED) is 0.713. The van der Waals surface area contributed by atoms with E-state index in [2.05, 4.69) is 11.9 Å². The number of nitrogens with one attached hydrogen (secondary N) is 1. The van der Waals surface area contributed by atoms with E-state index >= 15 is 0 Å². The van der Waals surface area contributed by atoms with Crippen molar-refractivity contribution in [3.63, 3.8) is 0 Å². The van der Waals surface area contributed by atoms with Crippen LogP contribution in [0.1, 0.15) is 5.56 Å². The second-order valence-electron chi connectivity index (χ2n) is 5.33. The smallest absolute Gasteiger partial charge is 0.239 e. The first kappa shape index (κ1) is 19.0. The van der Waals surface area contributed by atoms with E-state index in [9.17, 15) is 13.2 Å². The summed E-state index contributed by atoms with van der Waals surface area (Å²) < 4.78 is 28.8. The van der Waals surface area contributed by atoms with Crippen molar-refractivity contribution in [2.75, 3.05) is 16.8 Å². The number of anilines is 1. The van der Waals surface area contributed by atoms with Crippen LogP contribution in [-0.2, 0) is 21.2 Å². The van der Waals surface area contributed by atoms with Crippen LogP contribution in [-0.4, -0.2) is 25.8 Å². The summed E-state index contributed by atoms with van der Waals surface area (Å²) in [5.74, 6) is -0.755. The molecule has 2 aromatic rings. The van der Waals surface area contributed by atoms with Gasteiger partial charge in [-0.1, -0.05) is 29.8 Å². The van der Waals surface area contributed by atoms with Crippen molar-refractivity contribution in [3.05, 3.63) is 71.8 Å². The van der Waals surface area contributed by atoms with Crippen molar-refractivity contribution in [3.8, 4) is 5.75 Å². The molecule has 0 aromatic heterocycles. The molecule has 0 bridgehead atoms. The van der Waals surface area contributed by atoms with Crippen LogP contribution < -0.4 is 10.1 Å². The van der Waals surface area contributed by atoms with E-state index in [0.29, 0.717) is 23.1 Å². The molecule has 0 fully saturated rings. The second kappa shape index (κ2) is 8.69. The molecule has 2 aromatic carbocycles. The van der Waals surface area contributed by atoms with Crippen molar-refractivity contribution in [1.29, 1.82) is 0 Å². The predicted octanol–water partition coefficient (Wildman–Crippen LogP) is 3.46. The van der Waals surface area contributed by atoms with Gasteiger partial charge < -0.3 is 10.1 Å². The van der Waals surface area contributed by atoms with E-state index in [0.717, 1.165) is 5.56 Å². The lowest BCUT2D eigenvalue weighted by Crippen LogP contribution is -2.24. The number of sulfone groups is 1. The molecule has 132 valence electrons. The molecule has 0 saturated heterocycles. The molecule has 0 aliphatic rings. The van der Waals surface area contributed by atoms with Crippen LogP contribution >= 0.6 is 11.6 Å². The second-order valence-corrected chi connectivity index (χ2v) is 7.88. The lowest BCUT2D eigenvalue weighted by Gasteiger charge is -2.09. The Kier molecular flexibility index (Phi) is 6.61. The standard InChI is InChI=1S/C18H18ClNO4S/c1-2-11-25(22,23)13-18(21)20-16-7-9-17(10-8-16)24-12-14-3-5-15(19)6-4-14/h2-10H,1,11-13H2,(H,20,21). The zero-order chi connectivity index (χ0) is 18.3. The Labute approximate surface area is 152 Å². The fourth-order valence-electron chi connectivity index (χ4n) is 2.02. The van der Waals surface area contributed by atoms with Gasteiger partial charge in [0, 0.05) is 10.7 Å².